The van der Waals surface area contributed by atoms with Crippen molar-refractivity contribution in [3.05, 3.63) is 34.6 Å². The molecule has 1 atom stereocenters. The van der Waals surface area contributed by atoms with E-state index in [1.807, 2.05) is 12.1 Å². The molecule has 3 rings (SSSR count). The molecule has 0 radical (unpaired) electrons. The Kier molecular flexibility index (Phi) is 4.48. The van der Waals surface area contributed by atoms with Crippen molar-refractivity contribution in [3.63, 3.8) is 0 Å². The number of carbonyl (C=O) groups is 1. The zero-order chi connectivity index (χ0) is 18.1. The van der Waals surface area contributed by atoms with Gasteiger partial charge in [-0.05, 0) is 37.0 Å². The van der Waals surface area contributed by atoms with Crippen LogP contribution in [0.2, 0.25) is 0 Å². The van der Waals surface area contributed by atoms with Gasteiger partial charge in [-0.3, -0.25) is 4.79 Å². The molecular weight excluding hydrogens is 322 g/mol. The second-order valence-electron chi connectivity index (χ2n) is 5.98. The number of ketones is 1. The number of nitrogens with zero attached hydrogens (tertiary/aromatic N) is 2. The molecule has 2 N–H and O–H groups in total. The van der Waals surface area contributed by atoms with Gasteiger partial charge in [-0.2, -0.15) is 0 Å². The number of aromatic nitrogens is 2. The molecule has 1 aliphatic rings. The molecule has 2 aromatic rings. The number of fused-ring (bicyclic) bond motifs is 1. The lowest BCUT2D eigenvalue weighted by atomic mass is 9.81. The third kappa shape index (κ3) is 2.97. The fourth-order valence-electron chi connectivity index (χ4n) is 3.37. The molecular formula is C18H21N3O4. The van der Waals surface area contributed by atoms with Crippen molar-refractivity contribution < 1.29 is 19.0 Å². The summed E-state index contributed by atoms with van der Waals surface area (Å²) in [6.45, 7) is 1.79. The second-order valence-corrected chi connectivity index (χ2v) is 5.98. The summed E-state index contributed by atoms with van der Waals surface area (Å²) in [5, 5.41) is 0. The highest BCUT2D eigenvalue weighted by atomic mass is 16.5. The number of hydrogen-bond acceptors (Lipinski definition) is 7. The zero-order valence-electron chi connectivity index (χ0n) is 14.8. The fraction of sp³-hybridized carbons (Fsp3) is 0.389. The van der Waals surface area contributed by atoms with Gasteiger partial charge in [0.25, 0.3) is 0 Å². The average molecular weight is 343 g/mol. The zero-order valence-corrected chi connectivity index (χ0v) is 14.8. The number of nitrogen functional groups attached to an aromatic ring is 1. The summed E-state index contributed by atoms with van der Waals surface area (Å²) in [5.74, 6) is 1.83. The second kappa shape index (κ2) is 6.58. The third-order valence-corrected chi connectivity index (χ3v) is 4.49. The summed E-state index contributed by atoms with van der Waals surface area (Å²) in [6, 6.07) is 3.75. The van der Waals surface area contributed by atoms with Crippen molar-refractivity contribution in [1.82, 2.24) is 9.97 Å². The van der Waals surface area contributed by atoms with Gasteiger partial charge in [0.15, 0.2) is 17.3 Å². The molecule has 1 aliphatic carbocycles. The minimum absolute atomic E-state index is 0.0255. The molecule has 1 aromatic carbocycles. The van der Waals surface area contributed by atoms with Gasteiger partial charge < -0.3 is 19.9 Å². The number of hydrogen-bond donors (Lipinski definition) is 1. The Hall–Kier alpha value is -2.83. The molecule has 7 nitrogen and oxygen atoms in total. The maximum atomic E-state index is 12.6. The lowest BCUT2D eigenvalue weighted by Crippen LogP contribution is -2.23. The van der Waals surface area contributed by atoms with Crippen LogP contribution in [-0.4, -0.2) is 37.1 Å². The Morgan fingerprint density at radius 1 is 1.04 bits per heavy atom. The smallest absolute Gasteiger partial charge is 0.220 e. The maximum Gasteiger partial charge on any atom is 0.220 e. The third-order valence-electron chi connectivity index (χ3n) is 4.49. The number of nitrogens with two attached hydrogens (primary N) is 1. The standard InChI is InChI=1S/C18H21N3O4/c1-9-16-12(21-18(19)20-9)5-10(6-13(16)22)11-7-14(23-2)17(25-4)15(8-11)24-3/h7-8,10H,5-6H2,1-4H3,(H2,19,20,21)/t10-/m1/s1. The van der Waals surface area contributed by atoms with Gasteiger partial charge in [0.2, 0.25) is 11.7 Å². The van der Waals surface area contributed by atoms with Crippen LogP contribution in [0.5, 0.6) is 17.2 Å². The normalized spacial score (nSPS) is 16.3. The predicted molar refractivity (Wildman–Crippen MR) is 92.7 cm³/mol. The summed E-state index contributed by atoms with van der Waals surface area (Å²) in [6.07, 6.45) is 0.979. The topological polar surface area (TPSA) is 96.6 Å². The molecule has 1 aromatic heterocycles. The minimum atomic E-state index is -0.0394. The van der Waals surface area contributed by atoms with E-state index in [2.05, 4.69) is 9.97 Å². The number of aryl methyl sites for hydroxylation is 1. The first-order valence-electron chi connectivity index (χ1n) is 7.94. The molecule has 0 saturated heterocycles. The molecule has 0 aliphatic heterocycles. The number of Topliss-reactive ketones (excluding diaryl/α,β-unsaturated/α-hetero) is 1. The number of anilines is 1. The highest BCUT2D eigenvalue weighted by Crippen LogP contribution is 2.42. The van der Waals surface area contributed by atoms with Gasteiger partial charge in [-0.1, -0.05) is 0 Å². The van der Waals surface area contributed by atoms with E-state index in [1.54, 1.807) is 28.3 Å². The van der Waals surface area contributed by atoms with E-state index >= 15 is 0 Å². The SMILES string of the molecule is COc1cc([C@H]2CC(=O)c3c(C)nc(N)nc3C2)cc(OC)c1OC. The van der Waals surface area contributed by atoms with E-state index < -0.39 is 0 Å². The molecule has 0 saturated carbocycles. The predicted octanol–water partition coefficient (Wildman–Crippen LogP) is 2.31. The Bertz CT molecular complexity index is 810. The van der Waals surface area contributed by atoms with Crippen LogP contribution < -0.4 is 19.9 Å². The molecule has 0 amide bonds. The molecule has 0 fully saturated rings. The summed E-state index contributed by atoms with van der Waals surface area (Å²) in [5.41, 5.74) is 8.61. The number of methoxy groups -OCH3 is 3. The summed E-state index contributed by atoms with van der Waals surface area (Å²) in [7, 11) is 4.70. The monoisotopic (exact) mass is 343 g/mol. The van der Waals surface area contributed by atoms with Crippen molar-refractivity contribution in [1.29, 1.82) is 0 Å². The van der Waals surface area contributed by atoms with E-state index in [9.17, 15) is 4.79 Å². The Balaban J connectivity index is 2.05. The molecule has 132 valence electrons. The summed E-state index contributed by atoms with van der Waals surface area (Å²) >= 11 is 0. The highest BCUT2D eigenvalue weighted by molar-refractivity contribution is 5.99. The molecule has 0 unspecified atom stereocenters. The Morgan fingerprint density at radius 2 is 1.68 bits per heavy atom. The van der Waals surface area contributed by atoms with Gasteiger partial charge in [-0.25, -0.2) is 9.97 Å². The van der Waals surface area contributed by atoms with Crippen LogP contribution in [0, 0.1) is 6.92 Å². The molecule has 1 heterocycles. The van der Waals surface area contributed by atoms with Crippen molar-refractivity contribution in [3.8, 4) is 17.2 Å². The van der Waals surface area contributed by atoms with Crippen molar-refractivity contribution >= 4 is 11.7 Å². The van der Waals surface area contributed by atoms with Crippen LogP contribution in [0.3, 0.4) is 0 Å². The van der Waals surface area contributed by atoms with Crippen LogP contribution in [0.4, 0.5) is 5.95 Å². The van der Waals surface area contributed by atoms with E-state index in [0.29, 0.717) is 47.0 Å². The van der Waals surface area contributed by atoms with Gasteiger partial charge in [-0.15, -0.1) is 0 Å². The van der Waals surface area contributed by atoms with Crippen LogP contribution in [0.15, 0.2) is 12.1 Å². The van der Waals surface area contributed by atoms with Gasteiger partial charge in [0, 0.05) is 6.42 Å². The Labute approximate surface area is 146 Å². The van der Waals surface area contributed by atoms with Crippen LogP contribution >= 0.6 is 0 Å². The first kappa shape index (κ1) is 17.0. The molecule has 0 spiro atoms. The minimum Gasteiger partial charge on any atom is -0.493 e. The molecule has 7 heteroatoms. The van der Waals surface area contributed by atoms with E-state index in [-0.39, 0.29) is 17.6 Å². The van der Waals surface area contributed by atoms with Crippen molar-refractivity contribution in [2.45, 2.75) is 25.7 Å². The quantitative estimate of drug-likeness (QED) is 0.910. The van der Waals surface area contributed by atoms with E-state index in [1.165, 1.54) is 0 Å². The number of carbonyl (C=O) groups excluding carboxylic acids is 1. The lowest BCUT2D eigenvalue weighted by molar-refractivity contribution is 0.0962. The molecule has 25 heavy (non-hydrogen) atoms. The van der Waals surface area contributed by atoms with E-state index in [4.69, 9.17) is 19.9 Å². The largest absolute Gasteiger partial charge is 0.493 e. The Morgan fingerprint density at radius 3 is 2.24 bits per heavy atom. The van der Waals surface area contributed by atoms with Crippen LogP contribution in [0.1, 0.15) is 39.6 Å². The van der Waals surface area contributed by atoms with Crippen LogP contribution in [-0.2, 0) is 6.42 Å². The van der Waals surface area contributed by atoms with Gasteiger partial charge in [0.1, 0.15) is 0 Å². The summed E-state index contributed by atoms with van der Waals surface area (Å²) < 4.78 is 16.2. The van der Waals surface area contributed by atoms with Crippen molar-refractivity contribution in [2.75, 3.05) is 27.1 Å². The van der Waals surface area contributed by atoms with E-state index in [0.717, 1.165) is 5.56 Å². The number of benzene rings is 1. The van der Waals surface area contributed by atoms with Crippen molar-refractivity contribution in [2.24, 2.45) is 0 Å². The molecule has 0 bridgehead atoms. The van der Waals surface area contributed by atoms with Gasteiger partial charge >= 0.3 is 0 Å². The number of rotatable bonds is 4. The van der Waals surface area contributed by atoms with Gasteiger partial charge in [0.05, 0.1) is 38.3 Å². The number of ether oxygens (including phenoxy) is 3. The fourth-order valence-corrected chi connectivity index (χ4v) is 3.37. The lowest BCUT2D eigenvalue weighted by Gasteiger charge is -2.25. The highest BCUT2D eigenvalue weighted by Gasteiger charge is 2.31. The van der Waals surface area contributed by atoms with Crippen LogP contribution in [0.25, 0.3) is 0 Å². The average Bonchev–Trinajstić information content (AvgIpc) is 2.59. The summed E-state index contributed by atoms with van der Waals surface area (Å²) in [4.78, 5) is 21.0. The maximum absolute atomic E-state index is 12.6. The first-order valence-corrected chi connectivity index (χ1v) is 7.94. The first-order chi connectivity index (χ1) is 12.0.